The average molecular weight is 289 g/mol. The van der Waals surface area contributed by atoms with Crippen LogP contribution in [0.5, 0.6) is 11.6 Å². The highest BCUT2D eigenvalue weighted by Crippen LogP contribution is 2.34. The third-order valence-electron chi connectivity index (χ3n) is 3.35. The maximum absolute atomic E-state index is 13.5. The Bertz CT molecular complexity index is 663. The molecular formula is C15H16FN3O2. The molecule has 0 spiro atoms. The van der Waals surface area contributed by atoms with Crippen molar-refractivity contribution in [3.63, 3.8) is 0 Å². The standard InChI is InChI=1S/C15H16FN3O2/c1-9-7-14(20-2)19-15(17-9)18-12-5-6-21-13-4-3-10(16)8-11(12)13/h3-4,7-8,12H,5-6H2,1-2H3,(H,17,18,19). The molecule has 1 atom stereocenters. The van der Waals surface area contributed by atoms with Crippen molar-refractivity contribution in [2.45, 2.75) is 19.4 Å². The van der Waals surface area contributed by atoms with Gasteiger partial charge in [0, 0.05) is 23.7 Å². The molecule has 2 heterocycles. The van der Waals surface area contributed by atoms with Gasteiger partial charge in [0.1, 0.15) is 11.6 Å². The molecule has 0 amide bonds. The highest BCUT2D eigenvalue weighted by molar-refractivity contribution is 5.43. The average Bonchev–Trinajstić information content (AvgIpc) is 2.47. The van der Waals surface area contributed by atoms with Gasteiger partial charge in [-0.3, -0.25) is 0 Å². The number of benzene rings is 1. The molecule has 0 saturated heterocycles. The molecule has 1 aromatic carbocycles. The third-order valence-corrected chi connectivity index (χ3v) is 3.35. The summed E-state index contributed by atoms with van der Waals surface area (Å²) in [6.45, 7) is 2.44. The van der Waals surface area contributed by atoms with Gasteiger partial charge in [0.05, 0.1) is 19.8 Å². The summed E-state index contributed by atoms with van der Waals surface area (Å²) in [5, 5.41) is 3.23. The Morgan fingerprint density at radius 3 is 3.00 bits per heavy atom. The Morgan fingerprint density at radius 2 is 2.19 bits per heavy atom. The second kappa shape index (κ2) is 5.55. The molecule has 6 heteroatoms. The van der Waals surface area contributed by atoms with E-state index >= 15 is 0 Å². The Hall–Kier alpha value is -2.37. The molecule has 1 unspecified atom stereocenters. The van der Waals surface area contributed by atoms with Gasteiger partial charge in [-0.1, -0.05) is 0 Å². The number of anilines is 1. The van der Waals surface area contributed by atoms with Gasteiger partial charge in [-0.2, -0.15) is 4.98 Å². The predicted octanol–water partition coefficient (Wildman–Crippen LogP) is 2.87. The van der Waals surface area contributed by atoms with Gasteiger partial charge in [-0.05, 0) is 25.1 Å². The van der Waals surface area contributed by atoms with Crippen LogP contribution >= 0.6 is 0 Å². The lowest BCUT2D eigenvalue weighted by molar-refractivity contribution is 0.273. The Kier molecular flexibility index (Phi) is 3.60. The first-order valence-corrected chi connectivity index (χ1v) is 6.74. The zero-order valence-electron chi connectivity index (χ0n) is 11.9. The first-order valence-electron chi connectivity index (χ1n) is 6.74. The highest BCUT2D eigenvalue weighted by atomic mass is 19.1. The molecule has 0 saturated carbocycles. The monoisotopic (exact) mass is 289 g/mol. The second-order valence-corrected chi connectivity index (χ2v) is 4.89. The molecule has 1 aromatic heterocycles. The minimum Gasteiger partial charge on any atom is -0.493 e. The molecule has 110 valence electrons. The predicted molar refractivity (Wildman–Crippen MR) is 76.2 cm³/mol. The molecule has 0 bridgehead atoms. The van der Waals surface area contributed by atoms with Gasteiger partial charge < -0.3 is 14.8 Å². The summed E-state index contributed by atoms with van der Waals surface area (Å²) < 4.78 is 24.1. The summed E-state index contributed by atoms with van der Waals surface area (Å²) >= 11 is 0. The molecular weight excluding hydrogens is 273 g/mol. The lowest BCUT2D eigenvalue weighted by Crippen LogP contribution is -2.21. The first-order chi connectivity index (χ1) is 10.2. The van der Waals surface area contributed by atoms with Gasteiger partial charge in [0.15, 0.2) is 0 Å². The van der Waals surface area contributed by atoms with Gasteiger partial charge >= 0.3 is 0 Å². The molecule has 0 aliphatic carbocycles. The number of hydrogen-bond acceptors (Lipinski definition) is 5. The number of methoxy groups -OCH3 is 1. The van der Waals surface area contributed by atoms with E-state index in [2.05, 4.69) is 15.3 Å². The van der Waals surface area contributed by atoms with E-state index in [1.165, 1.54) is 12.1 Å². The van der Waals surface area contributed by atoms with Crippen molar-refractivity contribution >= 4 is 5.95 Å². The molecule has 1 aliphatic heterocycles. The van der Waals surface area contributed by atoms with Crippen LogP contribution in [-0.2, 0) is 0 Å². The zero-order chi connectivity index (χ0) is 14.8. The molecule has 3 rings (SSSR count). The van der Waals surface area contributed by atoms with Crippen LogP contribution in [0.1, 0.15) is 23.7 Å². The number of fused-ring (bicyclic) bond motifs is 1. The fourth-order valence-electron chi connectivity index (χ4n) is 2.38. The highest BCUT2D eigenvalue weighted by Gasteiger charge is 2.23. The fourth-order valence-corrected chi connectivity index (χ4v) is 2.38. The van der Waals surface area contributed by atoms with Gasteiger partial charge in [0.2, 0.25) is 11.8 Å². The van der Waals surface area contributed by atoms with Crippen LogP contribution in [0.15, 0.2) is 24.3 Å². The van der Waals surface area contributed by atoms with Crippen LogP contribution < -0.4 is 14.8 Å². The number of halogens is 1. The van der Waals surface area contributed by atoms with Crippen molar-refractivity contribution in [3.8, 4) is 11.6 Å². The number of hydrogen-bond donors (Lipinski definition) is 1. The summed E-state index contributed by atoms with van der Waals surface area (Å²) in [4.78, 5) is 8.60. The zero-order valence-corrected chi connectivity index (χ0v) is 11.9. The van der Waals surface area contributed by atoms with Crippen molar-refractivity contribution in [2.24, 2.45) is 0 Å². The number of aryl methyl sites for hydroxylation is 1. The SMILES string of the molecule is COc1cc(C)nc(NC2CCOc3ccc(F)cc32)n1. The molecule has 21 heavy (non-hydrogen) atoms. The molecule has 0 radical (unpaired) electrons. The number of nitrogens with one attached hydrogen (secondary N) is 1. The Labute approximate surface area is 122 Å². The van der Waals surface area contributed by atoms with E-state index in [9.17, 15) is 4.39 Å². The van der Waals surface area contributed by atoms with Gasteiger partial charge in [-0.25, -0.2) is 9.37 Å². The molecule has 1 N–H and O–H groups in total. The van der Waals surface area contributed by atoms with Gasteiger partial charge in [-0.15, -0.1) is 0 Å². The van der Waals surface area contributed by atoms with Crippen LogP contribution in [0.25, 0.3) is 0 Å². The molecule has 0 fully saturated rings. The molecule has 1 aliphatic rings. The van der Waals surface area contributed by atoms with Crippen LogP contribution in [0.2, 0.25) is 0 Å². The fraction of sp³-hybridized carbons (Fsp3) is 0.333. The van der Waals surface area contributed by atoms with Crippen molar-refractivity contribution in [3.05, 3.63) is 41.3 Å². The van der Waals surface area contributed by atoms with E-state index in [0.717, 1.165) is 17.7 Å². The van der Waals surface area contributed by atoms with E-state index < -0.39 is 0 Å². The van der Waals surface area contributed by atoms with Crippen LogP contribution in [-0.4, -0.2) is 23.7 Å². The summed E-state index contributed by atoms with van der Waals surface area (Å²) in [6.07, 6.45) is 0.718. The van der Waals surface area contributed by atoms with Crippen molar-refractivity contribution in [1.82, 2.24) is 9.97 Å². The lowest BCUT2D eigenvalue weighted by Gasteiger charge is -2.26. The smallest absolute Gasteiger partial charge is 0.226 e. The minimum atomic E-state index is -0.284. The summed E-state index contributed by atoms with van der Waals surface area (Å²) in [7, 11) is 1.56. The molecule has 5 nitrogen and oxygen atoms in total. The number of aromatic nitrogens is 2. The topological polar surface area (TPSA) is 56.3 Å². The van der Waals surface area contributed by atoms with E-state index in [1.54, 1.807) is 19.2 Å². The Morgan fingerprint density at radius 1 is 1.33 bits per heavy atom. The van der Waals surface area contributed by atoms with Crippen molar-refractivity contribution in [2.75, 3.05) is 19.0 Å². The minimum absolute atomic E-state index is 0.0871. The second-order valence-electron chi connectivity index (χ2n) is 4.89. The van der Waals surface area contributed by atoms with E-state index in [4.69, 9.17) is 9.47 Å². The van der Waals surface area contributed by atoms with E-state index in [0.29, 0.717) is 24.2 Å². The maximum Gasteiger partial charge on any atom is 0.226 e. The van der Waals surface area contributed by atoms with E-state index in [1.807, 2.05) is 6.92 Å². The van der Waals surface area contributed by atoms with Crippen molar-refractivity contribution in [1.29, 1.82) is 0 Å². The number of rotatable bonds is 3. The summed E-state index contributed by atoms with van der Waals surface area (Å²) in [5.74, 6) is 1.37. The van der Waals surface area contributed by atoms with Crippen LogP contribution in [0, 0.1) is 12.7 Å². The van der Waals surface area contributed by atoms with Crippen molar-refractivity contribution < 1.29 is 13.9 Å². The molecule has 2 aromatic rings. The summed E-state index contributed by atoms with van der Waals surface area (Å²) in [5.41, 5.74) is 1.58. The maximum atomic E-state index is 13.5. The number of nitrogens with zero attached hydrogens (tertiary/aromatic N) is 2. The Balaban J connectivity index is 1.90. The first kappa shape index (κ1) is 13.6. The van der Waals surface area contributed by atoms with E-state index in [-0.39, 0.29) is 11.9 Å². The quantitative estimate of drug-likeness (QED) is 0.941. The summed E-state index contributed by atoms with van der Waals surface area (Å²) in [6, 6.07) is 6.20. The lowest BCUT2D eigenvalue weighted by atomic mass is 10.0. The largest absolute Gasteiger partial charge is 0.493 e. The normalized spacial score (nSPS) is 16.8. The number of ether oxygens (including phenoxy) is 2. The third kappa shape index (κ3) is 2.89. The van der Waals surface area contributed by atoms with Crippen LogP contribution in [0.4, 0.5) is 10.3 Å². The van der Waals surface area contributed by atoms with Crippen LogP contribution in [0.3, 0.4) is 0 Å². The van der Waals surface area contributed by atoms with Gasteiger partial charge in [0.25, 0.3) is 0 Å².